The zero-order valence-corrected chi connectivity index (χ0v) is 30.7. The molecule has 0 heterocycles. The van der Waals surface area contributed by atoms with Crippen molar-refractivity contribution < 1.29 is 37.6 Å². The van der Waals surface area contributed by atoms with Crippen LogP contribution in [0, 0.1) is 0 Å². The van der Waals surface area contributed by atoms with E-state index in [1.165, 1.54) is 44.9 Å². The highest BCUT2D eigenvalue weighted by molar-refractivity contribution is 7.47. The summed E-state index contributed by atoms with van der Waals surface area (Å²) in [5, 5.41) is 0. The van der Waals surface area contributed by atoms with Crippen LogP contribution in [-0.2, 0) is 32.7 Å². The Hall–Kier alpha value is -1.77. The number of hydrogen-bond donors (Lipinski definition) is 2. The van der Waals surface area contributed by atoms with Crippen molar-refractivity contribution in [2.75, 3.05) is 26.4 Å². The van der Waals surface area contributed by atoms with Gasteiger partial charge in [0.05, 0.1) is 13.2 Å². The molecule has 2 atom stereocenters. The van der Waals surface area contributed by atoms with Gasteiger partial charge in [-0.1, -0.05) is 134 Å². The third-order valence-corrected chi connectivity index (χ3v) is 8.52. The van der Waals surface area contributed by atoms with E-state index in [1.807, 2.05) is 0 Å². The minimum atomic E-state index is -4.37. The molecule has 0 bridgehead atoms. The van der Waals surface area contributed by atoms with E-state index in [0.717, 1.165) is 70.6 Å². The van der Waals surface area contributed by atoms with Crippen LogP contribution >= 0.6 is 7.82 Å². The molecule has 274 valence electrons. The molecule has 0 aliphatic carbocycles. The van der Waals surface area contributed by atoms with Crippen molar-refractivity contribution in [3.05, 3.63) is 36.5 Å². The molecule has 0 aliphatic rings. The summed E-state index contributed by atoms with van der Waals surface area (Å²) in [7, 11) is -4.37. The van der Waals surface area contributed by atoms with Gasteiger partial charge in [-0.15, -0.1) is 0 Å². The van der Waals surface area contributed by atoms with E-state index in [-0.39, 0.29) is 32.6 Å². The van der Waals surface area contributed by atoms with E-state index in [9.17, 15) is 19.0 Å². The highest BCUT2D eigenvalue weighted by Gasteiger charge is 2.25. The Bertz CT molecular complexity index is 876. The quantitative estimate of drug-likeness (QED) is 0.0294. The van der Waals surface area contributed by atoms with Gasteiger partial charge in [-0.3, -0.25) is 18.6 Å². The number of phosphoric acid groups is 1. The summed E-state index contributed by atoms with van der Waals surface area (Å²) < 4.78 is 32.6. The van der Waals surface area contributed by atoms with Crippen LogP contribution in [0.1, 0.15) is 155 Å². The number of ether oxygens (including phenoxy) is 2. The topological polar surface area (TPSA) is 134 Å². The van der Waals surface area contributed by atoms with Gasteiger partial charge in [0.2, 0.25) is 0 Å². The minimum absolute atomic E-state index is 0.0510. The molecule has 0 saturated heterocycles. The van der Waals surface area contributed by atoms with Crippen molar-refractivity contribution in [2.45, 2.75) is 161 Å². The number of allylic oxidation sites excluding steroid dienone is 6. The van der Waals surface area contributed by atoms with Crippen molar-refractivity contribution in [1.82, 2.24) is 0 Å². The predicted octanol–water partition coefficient (Wildman–Crippen LogP) is 9.82. The molecule has 2 unspecified atom stereocenters. The number of esters is 2. The van der Waals surface area contributed by atoms with Crippen molar-refractivity contribution in [2.24, 2.45) is 5.73 Å². The summed E-state index contributed by atoms with van der Waals surface area (Å²) in [4.78, 5) is 34.6. The molecule has 47 heavy (non-hydrogen) atoms. The maximum Gasteiger partial charge on any atom is 0.472 e. The summed E-state index contributed by atoms with van der Waals surface area (Å²) in [5.41, 5.74) is 5.32. The van der Waals surface area contributed by atoms with Crippen molar-refractivity contribution in [3.63, 3.8) is 0 Å². The minimum Gasteiger partial charge on any atom is -0.462 e. The van der Waals surface area contributed by atoms with E-state index < -0.39 is 32.5 Å². The highest BCUT2D eigenvalue weighted by Crippen LogP contribution is 2.43. The summed E-state index contributed by atoms with van der Waals surface area (Å²) >= 11 is 0. The first-order chi connectivity index (χ1) is 22.8. The Balaban J connectivity index is 4.25. The van der Waals surface area contributed by atoms with Gasteiger partial charge in [0.15, 0.2) is 6.10 Å². The smallest absolute Gasteiger partial charge is 0.462 e. The molecule has 0 aromatic heterocycles. The molecule has 0 spiro atoms. The number of carbonyl (C=O) groups is 2. The molecule has 0 aliphatic heterocycles. The fraction of sp³-hybridized carbons (Fsp3) is 0.784. The fourth-order valence-corrected chi connectivity index (χ4v) is 5.59. The summed E-state index contributed by atoms with van der Waals surface area (Å²) in [6.07, 6.45) is 34.6. The molecule has 9 nitrogen and oxygen atoms in total. The zero-order chi connectivity index (χ0) is 34.7. The standard InChI is InChI=1S/C37H68NO8P/c1-3-5-7-9-11-13-15-16-17-18-20-21-23-25-27-29-36(39)43-33-35(34-45-47(41,42)44-32-31-38)46-37(40)30-28-26-24-22-19-14-12-10-8-6-4-2/h5,7,11,13,16-17,35H,3-4,6,8-10,12,14-15,18-34,38H2,1-2H3,(H,41,42). The van der Waals surface area contributed by atoms with Crippen LogP contribution in [-0.4, -0.2) is 49.3 Å². The Morgan fingerprint density at radius 2 is 1.17 bits per heavy atom. The summed E-state index contributed by atoms with van der Waals surface area (Å²) in [6.45, 7) is 3.57. The second-order valence-corrected chi connectivity index (χ2v) is 13.5. The molecule has 0 aromatic rings. The van der Waals surface area contributed by atoms with Crippen LogP contribution in [0.5, 0.6) is 0 Å². The molecule has 3 N–H and O–H groups in total. The van der Waals surface area contributed by atoms with Gasteiger partial charge in [0.1, 0.15) is 6.61 Å². The average Bonchev–Trinajstić information content (AvgIpc) is 3.05. The lowest BCUT2D eigenvalue weighted by molar-refractivity contribution is -0.161. The van der Waals surface area contributed by atoms with E-state index in [1.54, 1.807) is 0 Å². The van der Waals surface area contributed by atoms with Gasteiger partial charge in [-0.25, -0.2) is 4.57 Å². The number of phosphoric ester groups is 1. The first-order valence-corrected chi connectivity index (χ1v) is 20.0. The third kappa shape index (κ3) is 33.9. The van der Waals surface area contributed by atoms with Crippen LogP contribution in [0.3, 0.4) is 0 Å². The third-order valence-electron chi connectivity index (χ3n) is 7.54. The van der Waals surface area contributed by atoms with Gasteiger partial charge in [-0.05, 0) is 44.9 Å². The van der Waals surface area contributed by atoms with Gasteiger partial charge in [0, 0.05) is 19.4 Å². The lowest BCUT2D eigenvalue weighted by atomic mass is 10.1. The Labute approximate surface area is 286 Å². The molecular weight excluding hydrogens is 617 g/mol. The number of unbranched alkanes of at least 4 members (excludes halogenated alkanes) is 15. The molecule has 0 rings (SSSR count). The number of rotatable bonds is 34. The SMILES string of the molecule is CCC=CCC=CCC=CCCCCCCCC(=O)OCC(COP(=O)(O)OCCN)OC(=O)CCCCCCCCCCCCC. The monoisotopic (exact) mass is 685 g/mol. The zero-order valence-electron chi connectivity index (χ0n) is 29.8. The summed E-state index contributed by atoms with van der Waals surface area (Å²) in [6, 6.07) is 0. The Kier molecular flexibility index (Phi) is 32.8. The van der Waals surface area contributed by atoms with Crippen LogP contribution < -0.4 is 5.73 Å². The molecule has 0 amide bonds. The fourth-order valence-electron chi connectivity index (χ4n) is 4.82. The van der Waals surface area contributed by atoms with E-state index in [0.29, 0.717) is 12.8 Å². The molecule has 0 radical (unpaired) electrons. The van der Waals surface area contributed by atoms with Crippen LogP contribution in [0.15, 0.2) is 36.5 Å². The van der Waals surface area contributed by atoms with Crippen molar-refractivity contribution >= 4 is 19.8 Å². The van der Waals surface area contributed by atoms with Crippen LogP contribution in [0.25, 0.3) is 0 Å². The van der Waals surface area contributed by atoms with Crippen molar-refractivity contribution in [3.8, 4) is 0 Å². The van der Waals surface area contributed by atoms with Gasteiger partial charge < -0.3 is 20.1 Å². The average molecular weight is 686 g/mol. The normalized spacial score (nSPS) is 13.9. The maximum absolute atomic E-state index is 12.5. The summed E-state index contributed by atoms with van der Waals surface area (Å²) in [5.74, 6) is -0.850. The lowest BCUT2D eigenvalue weighted by Crippen LogP contribution is -2.29. The van der Waals surface area contributed by atoms with Gasteiger partial charge in [-0.2, -0.15) is 0 Å². The second kappa shape index (κ2) is 34.1. The maximum atomic E-state index is 12.5. The van der Waals surface area contributed by atoms with Gasteiger partial charge >= 0.3 is 19.8 Å². The van der Waals surface area contributed by atoms with Crippen molar-refractivity contribution in [1.29, 1.82) is 0 Å². The van der Waals surface area contributed by atoms with Gasteiger partial charge in [0.25, 0.3) is 0 Å². The largest absolute Gasteiger partial charge is 0.472 e. The van der Waals surface area contributed by atoms with E-state index >= 15 is 0 Å². The van der Waals surface area contributed by atoms with Crippen LogP contribution in [0.2, 0.25) is 0 Å². The lowest BCUT2D eigenvalue weighted by Gasteiger charge is -2.19. The molecule has 0 saturated carbocycles. The van der Waals surface area contributed by atoms with E-state index in [2.05, 4.69) is 50.3 Å². The molecule has 0 aromatic carbocycles. The molecule has 0 fully saturated rings. The molecular formula is C37H68NO8P. The first kappa shape index (κ1) is 45.2. The number of carbonyl (C=O) groups excluding carboxylic acids is 2. The predicted molar refractivity (Wildman–Crippen MR) is 192 cm³/mol. The highest BCUT2D eigenvalue weighted by atomic mass is 31.2. The second-order valence-electron chi connectivity index (χ2n) is 12.1. The Morgan fingerprint density at radius 1 is 0.660 bits per heavy atom. The first-order valence-electron chi connectivity index (χ1n) is 18.5. The van der Waals surface area contributed by atoms with E-state index in [4.69, 9.17) is 24.3 Å². The van der Waals surface area contributed by atoms with Crippen LogP contribution in [0.4, 0.5) is 0 Å². The number of hydrogen-bond acceptors (Lipinski definition) is 8. The molecule has 10 heteroatoms. The number of nitrogens with two attached hydrogens (primary N) is 1. The Morgan fingerprint density at radius 3 is 1.74 bits per heavy atom.